The zero-order chi connectivity index (χ0) is 27.7. The van der Waals surface area contributed by atoms with E-state index in [9.17, 15) is 9.59 Å². The summed E-state index contributed by atoms with van der Waals surface area (Å²) < 4.78 is 5.58. The van der Waals surface area contributed by atoms with Gasteiger partial charge >= 0.3 is 6.03 Å². The van der Waals surface area contributed by atoms with E-state index in [4.69, 9.17) is 10.1 Å². The topological polar surface area (TPSA) is 98.6 Å². The average molecular weight is 508 g/mol. The lowest BCUT2D eigenvalue weighted by Crippen LogP contribution is -2.36. The van der Waals surface area contributed by atoms with Crippen LogP contribution >= 0.6 is 0 Å². The van der Waals surface area contributed by atoms with Gasteiger partial charge in [0.1, 0.15) is 5.82 Å². The lowest BCUT2D eigenvalue weighted by molar-refractivity contribution is 0.0968. The molecule has 8 nitrogen and oxygen atoms in total. The van der Waals surface area contributed by atoms with Crippen molar-refractivity contribution in [3.05, 3.63) is 54.2 Å². The molecular formula is C29H41N5O3. The Morgan fingerprint density at radius 1 is 1.22 bits per heavy atom. The lowest BCUT2D eigenvalue weighted by Gasteiger charge is -2.22. The van der Waals surface area contributed by atoms with E-state index in [2.05, 4.69) is 16.9 Å². The van der Waals surface area contributed by atoms with Gasteiger partial charge in [-0.1, -0.05) is 26.0 Å². The number of aromatic nitrogens is 1. The molecule has 2 fully saturated rings. The predicted molar refractivity (Wildman–Crippen MR) is 152 cm³/mol. The minimum absolute atomic E-state index is 0.0325. The van der Waals surface area contributed by atoms with Crippen LogP contribution in [0.25, 0.3) is 0 Å². The van der Waals surface area contributed by atoms with Crippen molar-refractivity contribution < 1.29 is 14.3 Å². The molecule has 1 aliphatic carbocycles. The largest absolute Gasteiger partial charge is 0.494 e. The quantitative estimate of drug-likeness (QED) is 0.236. The second-order valence-corrected chi connectivity index (χ2v) is 8.99. The van der Waals surface area contributed by atoms with Crippen molar-refractivity contribution in [3.8, 4) is 5.75 Å². The Kier molecular flexibility index (Phi) is 10.8. The lowest BCUT2D eigenvalue weighted by atomic mass is 10.1. The zero-order valence-electron chi connectivity index (χ0n) is 23.2. The van der Waals surface area contributed by atoms with Crippen LogP contribution in [0.15, 0.2) is 43.1 Å². The Hall–Kier alpha value is -3.68. The first kappa shape index (κ1) is 29.5. The molecule has 0 unspecified atom stereocenters. The number of para-hydroxylation sites is 1. The van der Waals surface area contributed by atoms with Crippen LogP contribution in [-0.4, -0.2) is 53.7 Å². The Labute approximate surface area is 221 Å². The van der Waals surface area contributed by atoms with Crippen molar-refractivity contribution in [2.75, 3.05) is 30.4 Å². The number of urea groups is 1. The van der Waals surface area contributed by atoms with E-state index < -0.39 is 0 Å². The molecule has 1 aromatic carbocycles. The average Bonchev–Trinajstić information content (AvgIpc) is 3.66. The fraction of sp³-hybridized carbons (Fsp3) is 0.448. The molecule has 8 heteroatoms. The van der Waals surface area contributed by atoms with Crippen LogP contribution in [0.3, 0.4) is 0 Å². The first-order valence-corrected chi connectivity index (χ1v) is 12.9. The van der Waals surface area contributed by atoms with Gasteiger partial charge in [0.25, 0.3) is 0 Å². The van der Waals surface area contributed by atoms with Crippen molar-refractivity contribution in [1.29, 1.82) is 5.41 Å². The van der Waals surface area contributed by atoms with Gasteiger partial charge in [-0.2, -0.15) is 0 Å². The van der Waals surface area contributed by atoms with Gasteiger partial charge in [0.15, 0.2) is 11.5 Å². The number of carbonyl (C=O) groups excluding carboxylic acids is 2. The van der Waals surface area contributed by atoms with E-state index in [0.29, 0.717) is 52.9 Å². The third-order valence-electron chi connectivity index (χ3n) is 5.94. The first-order valence-electron chi connectivity index (χ1n) is 12.9. The summed E-state index contributed by atoms with van der Waals surface area (Å²) in [7, 11) is 1.56. The molecule has 0 spiro atoms. The van der Waals surface area contributed by atoms with E-state index in [0.717, 1.165) is 12.8 Å². The van der Waals surface area contributed by atoms with Crippen LogP contribution in [-0.2, 0) is 0 Å². The molecule has 0 radical (unpaired) electrons. The number of nitrogens with zero attached hydrogens (tertiary/aromatic N) is 3. The van der Waals surface area contributed by atoms with Crippen molar-refractivity contribution in [3.63, 3.8) is 0 Å². The summed E-state index contributed by atoms with van der Waals surface area (Å²) >= 11 is 0. The normalized spacial score (nSPS) is 14.3. The molecular weight excluding hydrogens is 466 g/mol. The number of amides is 2. The number of allylic oxidation sites excluding steroid dienone is 1. The van der Waals surface area contributed by atoms with Gasteiger partial charge in [-0.15, -0.1) is 6.58 Å². The number of hydrogen-bond donors (Lipinski definition) is 2. The fourth-order valence-corrected chi connectivity index (χ4v) is 4.00. The maximum absolute atomic E-state index is 13.0. The maximum Gasteiger partial charge on any atom is 0.326 e. The number of ketones is 1. The molecule has 1 saturated heterocycles. The van der Waals surface area contributed by atoms with E-state index in [-0.39, 0.29) is 23.8 Å². The molecule has 2 heterocycles. The predicted octanol–water partition coefficient (Wildman–Crippen LogP) is 6.68. The first-order chi connectivity index (χ1) is 17.7. The van der Waals surface area contributed by atoms with Crippen molar-refractivity contribution in [1.82, 2.24) is 9.88 Å². The van der Waals surface area contributed by atoms with E-state index in [1.807, 2.05) is 52.8 Å². The number of benzene rings is 1. The van der Waals surface area contributed by atoms with E-state index in [1.165, 1.54) is 0 Å². The van der Waals surface area contributed by atoms with Gasteiger partial charge in [0.05, 0.1) is 24.0 Å². The summed E-state index contributed by atoms with van der Waals surface area (Å²) in [6.45, 7) is 16.1. The maximum atomic E-state index is 13.0. The fourth-order valence-electron chi connectivity index (χ4n) is 4.00. The molecule has 0 bridgehead atoms. The Morgan fingerprint density at radius 2 is 1.86 bits per heavy atom. The number of anilines is 3. The molecule has 0 atom stereocenters. The number of carbonyl (C=O) groups is 2. The SMILES string of the molecule is C=CC.CC.COc1c(Nc2cc(N3CCN(C(C)C)C3=O)ncc2C(=O)C2CC2)cccc1C(C)=N. The third-order valence-corrected chi connectivity index (χ3v) is 5.94. The summed E-state index contributed by atoms with van der Waals surface area (Å²) in [6, 6.07) is 7.30. The summed E-state index contributed by atoms with van der Waals surface area (Å²) in [5.41, 5.74) is 2.79. The van der Waals surface area contributed by atoms with E-state index >= 15 is 0 Å². The zero-order valence-corrected chi connectivity index (χ0v) is 23.2. The molecule has 2 amide bonds. The summed E-state index contributed by atoms with van der Waals surface area (Å²) in [5, 5.41) is 11.4. The highest BCUT2D eigenvalue weighted by Crippen LogP contribution is 2.38. The summed E-state index contributed by atoms with van der Waals surface area (Å²) in [5.74, 6) is 1.13. The molecule has 2 N–H and O–H groups in total. The number of pyridine rings is 1. The van der Waals surface area contributed by atoms with E-state index in [1.54, 1.807) is 42.2 Å². The second kappa shape index (κ2) is 13.6. The smallest absolute Gasteiger partial charge is 0.326 e. The van der Waals surface area contributed by atoms with Crippen LogP contribution in [0.5, 0.6) is 5.75 Å². The molecule has 2 aliphatic rings. The number of nitrogens with one attached hydrogen (secondary N) is 2. The van der Waals surface area contributed by atoms with Crippen molar-refractivity contribution in [2.24, 2.45) is 5.92 Å². The molecule has 200 valence electrons. The minimum Gasteiger partial charge on any atom is -0.494 e. The number of methoxy groups -OCH3 is 1. The van der Waals surface area contributed by atoms with Crippen molar-refractivity contribution >= 4 is 34.7 Å². The van der Waals surface area contributed by atoms with Gasteiger partial charge < -0.3 is 20.4 Å². The van der Waals surface area contributed by atoms with Gasteiger partial charge in [0.2, 0.25) is 0 Å². The standard InChI is InChI=1S/C24H29N5O3.C3H6.C2H6/c1-14(2)28-10-11-29(24(28)31)21-12-20(18(13-26-21)22(30)16-8-9-16)27-19-7-5-6-17(15(3)25)23(19)32-4;1-3-2;1-2/h5-7,12-14,16,25H,8-11H2,1-4H3,(H,26,27);3H,1H2,2H3;1-2H3. The van der Waals surface area contributed by atoms with Gasteiger partial charge in [-0.25, -0.2) is 9.78 Å². The number of ether oxygens (including phenoxy) is 1. The van der Waals surface area contributed by atoms with Gasteiger partial charge in [0, 0.05) is 48.6 Å². The van der Waals surface area contributed by atoms with Gasteiger partial charge in [-0.05, 0) is 52.7 Å². The molecule has 1 aromatic heterocycles. The molecule has 1 saturated carbocycles. The van der Waals surface area contributed by atoms with Gasteiger partial charge in [-0.3, -0.25) is 9.69 Å². The Balaban J connectivity index is 0.000000898. The highest BCUT2D eigenvalue weighted by atomic mass is 16.5. The summed E-state index contributed by atoms with van der Waals surface area (Å²) in [4.78, 5) is 33.7. The number of Topliss-reactive ketones (excluding diaryl/α,β-unsaturated/α-hetero) is 1. The number of hydrogen-bond acceptors (Lipinski definition) is 6. The van der Waals surface area contributed by atoms with Crippen molar-refractivity contribution in [2.45, 2.75) is 60.4 Å². The van der Waals surface area contributed by atoms with Crippen LogP contribution in [0.1, 0.15) is 70.3 Å². The highest BCUT2D eigenvalue weighted by Gasteiger charge is 2.35. The second-order valence-electron chi connectivity index (χ2n) is 8.99. The third kappa shape index (κ3) is 6.96. The molecule has 4 rings (SSSR count). The monoisotopic (exact) mass is 507 g/mol. The summed E-state index contributed by atoms with van der Waals surface area (Å²) in [6.07, 6.45) is 5.10. The number of rotatable bonds is 8. The molecule has 1 aliphatic heterocycles. The van der Waals surface area contributed by atoms with Crippen LogP contribution in [0.4, 0.5) is 22.0 Å². The van der Waals surface area contributed by atoms with Crippen LogP contribution < -0.4 is 15.0 Å². The van der Waals surface area contributed by atoms with Crippen LogP contribution in [0.2, 0.25) is 0 Å². The Morgan fingerprint density at radius 3 is 2.38 bits per heavy atom. The highest BCUT2D eigenvalue weighted by molar-refractivity contribution is 6.06. The molecule has 2 aromatic rings. The Bertz CT molecular complexity index is 1120. The molecule has 37 heavy (non-hydrogen) atoms. The minimum atomic E-state index is -0.0845. The van der Waals surface area contributed by atoms with Crippen LogP contribution in [0, 0.1) is 11.3 Å².